The van der Waals surface area contributed by atoms with E-state index in [1.54, 1.807) is 12.4 Å². The third kappa shape index (κ3) is 1.93. The molecule has 0 amide bonds. The van der Waals surface area contributed by atoms with E-state index in [1.807, 2.05) is 7.05 Å². The zero-order chi connectivity index (χ0) is 7.40. The third-order valence-electron chi connectivity index (χ3n) is 1.01. The minimum Gasteiger partial charge on any atom is -0.313 e. The lowest BCUT2D eigenvalue weighted by atomic mass is 10.5. The van der Waals surface area contributed by atoms with Gasteiger partial charge in [0.1, 0.15) is 5.82 Å². The fourth-order valence-electron chi connectivity index (χ4n) is 0.588. The Morgan fingerprint density at radius 2 is 2.10 bits per heavy atom. The molecule has 0 aromatic carbocycles. The van der Waals surface area contributed by atoms with E-state index in [0.29, 0.717) is 11.6 Å². The molecule has 0 fully saturated rings. The quantitative estimate of drug-likeness (QED) is 0.692. The number of nitrogens with zero attached hydrogens (tertiary/aromatic N) is 2. The van der Waals surface area contributed by atoms with Gasteiger partial charge in [-0.15, -0.1) is 0 Å². The zero-order valence-corrected chi connectivity index (χ0v) is 6.39. The lowest BCUT2D eigenvalue weighted by Gasteiger charge is -1.95. The van der Waals surface area contributed by atoms with Crippen molar-refractivity contribution in [3.63, 3.8) is 0 Å². The molecule has 0 saturated heterocycles. The van der Waals surface area contributed by atoms with Crippen LogP contribution in [0, 0.1) is 0 Å². The van der Waals surface area contributed by atoms with Crippen LogP contribution in [-0.2, 0) is 6.54 Å². The van der Waals surface area contributed by atoms with Crippen molar-refractivity contribution in [3.05, 3.63) is 23.2 Å². The van der Waals surface area contributed by atoms with Crippen LogP contribution in [0.5, 0.6) is 0 Å². The van der Waals surface area contributed by atoms with Gasteiger partial charge < -0.3 is 5.32 Å². The second-order valence-corrected chi connectivity index (χ2v) is 2.28. The van der Waals surface area contributed by atoms with E-state index in [-0.39, 0.29) is 0 Å². The molecule has 0 spiro atoms. The van der Waals surface area contributed by atoms with Crippen LogP contribution >= 0.6 is 11.6 Å². The molecule has 0 bridgehead atoms. The standard InChI is InChI=1S/C6H8ClN3/c1-8-4-6-9-2-5(7)3-10-6/h2-3,8H,4H2,1H3. The molecular formula is C6H8ClN3. The van der Waals surface area contributed by atoms with E-state index in [1.165, 1.54) is 0 Å². The van der Waals surface area contributed by atoms with Gasteiger partial charge in [-0.1, -0.05) is 11.6 Å². The first kappa shape index (κ1) is 7.44. The van der Waals surface area contributed by atoms with Crippen molar-refractivity contribution in [2.24, 2.45) is 0 Å². The zero-order valence-electron chi connectivity index (χ0n) is 5.63. The molecule has 0 saturated carbocycles. The van der Waals surface area contributed by atoms with Crippen molar-refractivity contribution in [3.8, 4) is 0 Å². The summed E-state index contributed by atoms with van der Waals surface area (Å²) < 4.78 is 0. The highest BCUT2D eigenvalue weighted by Crippen LogP contribution is 2.01. The second kappa shape index (κ2) is 3.49. The van der Waals surface area contributed by atoms with Crippen LogP contribution in [0.15, 0.2) is 12.4 Å². The predicted molar refractivity (Wildman–Crippen MR) is 39.8 cm³/mol. The molecule has 0 unspecified atom stereocenters. The summed E-state index contributed by atoms with van der Waals surface area (Å²) in [6.07, 6.45) is 3.17. The van der Waals surface area contributed by atoms with E-state index in [9.17, 15) is 0 Å². The van der Waals surface area contributed by atoms with Gasteiger partial charge in [-0.3, -0.25) is 0 Å². The van der Waals surface area contributed by atoms with Crippen molar-refractivity contribution in [2.75, 3.05) is 7.05 Å². The Kier molecular flexibility index (Phi) is 2.59. The highest BCUT2D eigenvalue weighted by molar-refractivity contribution is 6.30. The molecule has 1 aromatic rings. The topological polar surface area (TPSA) is 37.8 Å². The van der Waals surface area contributed by atoms with Crippen LogP contribution in [0.3, 0.4) is 0 Å². The number of halogens is 1. The first-order valence-electron chi connectivity index (χ1n) is 2.94. The first-order valence-corrected chi connectivity index (χ1v) is 3.32. The minimum absolute atomic E-state index is 0.569. The maximum atomic E-state index is 5.57. The summed E-state index contributed by atoms with van der Waals surface area (Å²) in [5, 5.41) is 3.50. The van der Waals surface area contributed by atoms with Crippen molar-refractivity contribution in [1.82, 2.24) is 15.3 Å². The molecule has 0 radical (unpaired) electrons. The maximum Gasteiger partial charge on any atom is 0.142 e. The Morgan fingerprint density at radius 1 is 1.50 bits per heavy atom. The van der Waals surface area contributed by atoms with Crippen LogP contribution in [0.1, 0.15) is 5.82 Å². The fourth-order valence-corrected chi connectivity index (χ4v) is 0.686. The van der Waals surface area contributed by atoms with Gasteiger partial charge in [0.2, 0.25) is 0 Å². The SMILES string of the molecule is CNCc1ncc(Cl)cn1. The Hall–Kier alpha value is -0.670. The number of rotatable bonds is 2. The van der Waals surface area contributed by atoms with Gasteiger partial charge in [-0.05, 0) is 7.05 Å². The van der Waals surface area contributed by atoms with Gasteiger partial charge >= 0.3 is 0 Å². The molecule has 1 N–H and O–H groups in total. The third-order valence-corrected chi connectivity index (χ3v) is 1.20. The smallest absolute Gasteiger partial charge is 0.142 e. The van der Waals surface area contributed by atoms with Crippen molar-refractivity contribution in [2.45, 2.75) is 6.54 Å². The van der Waals surface area contributed by atoms with Gasteiger partial charge in [-0.25, -0.2) is 9.97 Å². The summed E-state index contributed by atoms with van der Waals surface area (Å²) in [5.74, 6) is 0.756. The van der Waals surface area contributed by atoms with Gasteiger partial charge in [-0.2, -0.15) is 0 Å². The molecule has 10 heavy (non-hydrogen) atoms. The molecule has 1 rings (SSSR count). The molecule has 0 aliphatic rings. The molecule has 54 valence electrons. The highest BCUT2D eigenvalue weighted by Gasteiger charge is 1.91. The summed E-state index contributed by atoms with van der Waals surface area (Å²) >= 11 is 5.57. The summed E-state index contributed by atoms with van der Waals surface area (Å²) in [6.45, 7) is 0.678. The Bertz CT molecular complexity index is 197. The van der Waals surface area contributed by atoms with Crippen molar-refractivity contribution < 1.29 is 0 Å². The monoisotopic (exact) mass is 157 g/mol. The molecule has 1 heterocycles. The molecule has 0 aliphatic heterocycles. The molecule has 3 nitrogen and oxygen atoms in total. The Morgan fingerprint density at radius 3 is 2.60 bits per heavy atom. The van der Waals surface area contributed by atoms with Crippen LogP contribution < -0.4 is 5.32 Å². The summed E-state index contributed by atoms with van der Waals surface area (Å²) in [4.78, 5) is 7.92. The number of hydrogen-bond acceptors (Lipinski definition) is 3. The molecule has 4 heteroatoms. The fraction of sp³-hybridized carbons (Fsp3) is 0.333. The summed E-state index contributed by atoms with van der Waals surface area (Å²) in [6, 6.07) is 0. The molecule has 0 aliphatic carbocycles. The van der Waals surface area contributed by atoms with Crippen LogP contribution in [0.25, 0.3) is 0 Å². The number of hydrogen-bond donors (Lipinski definition) is 1. The average molecular weight is 158 g/mol. The Balaban J connectivity index is 2.69. The van der Waals surface area contributed by atoms with E-state index in [2.05, 4.69) is 15.3 Å². The second-order valence-electron chi connectivity index (χ2n) is 1.85. The van der Waals surface area contributed by atoms with Crippen LogP contribution in [0.2, 0.25) is 5.02 Å². The predicted octanol–water partition coefficient (Wildman–Crippen LogP) is 0.849. The lowest BCUT2D eigenvalue weighted by Crippen LogP contribution is -2.08. The van der Waals surface area contributed by atoms with Crippen LogP contribution in [0.4, 0.5) is 0 Å². The Labute approximate surface area is 64.5 Å². The van der Waals surface area contributed by atoms with Gasteiger partial charge in [0.25, 0.3) is 0 Å². The largest absolute Gasteiger partial charge is 0.313 e. The van der Waals surface area contributed by atoms with Gasteiger partial charge in [0.15, 0.2) is 0 Å². The van der Waals surface area contributed by atoms with Crippen molar-refractivity contribution >= 4 is 11.6 Å². The van der Waals surface area contributed by atoms with Gasteiger partial charge in [0.05, 0.1) is 11.6 Å². The summed E-state index contributed by atoms with van der Waals surface area (Å²) in [7, 11) is 1.85. The normalized spacial score (nSPS) is 9.80. The molecule has 0 atom stereocenters. The number of nitrogens with one attached hydrogen (secondary N) is 1. The van der Waals surface area contributed by atoms with E-state index in [4.69, 9.17) is 11.6 Å². The first-order chi connectivity index (χ1) is 4.83. The molecule has 1 aromatic heterocycles. The van der Waals surface area contributed by atoms with Crippen molar-refractivity contribution in [1.29, 1.82) is 0 Å². The minimum atomic E-state index is 0.569. The van der Waals surface area contributed by atoms with E-state index < -0.39 is 0 Å². The number of aromatic nitrogens is 2. The molecular weight excluding hydrogens is 150 g/mol. The van der Waals surface area contributed by atoms with Gasteiger partial charge in [0, 0.05) is 12.4 Å². The lowest BCUT2D eigenvalue weighted by molar-refractivity contribution is 0.758. The summed E-state index contributed by atoms with van der Waals surface area (Å²) in [5.41, 5.74) is 0. The van der Waals surface area contributed by atoms with Crippen LogP contribution in [-0.4, -0.2) is 17.0 Å². The maximum absolute atomic E-state index is 5.57. The van der Waals surface area contributed by atoms with E-state index in [0.717, 1.165) is 5.82 Å². The average Bonchev–Trinajstić information content (AvgIpc) is 1.95. The van der Waals surface area contributed by atoms with E-state index >= 15 is 0 Å². The highest BCUT2D eigenvalue weighted by atomic mass is 35.5.